The molecule has 1 saturated carbocycles. The zero-order valence-corrected chi connectivity index (χ0v) is 31.0. The number of nitrogens with one attached hydrogen (secondary N) is 5. The summed E-state index contributed by atoms with van der Waals surface area (Å²) in [6.07, 6.45) is 4.43. The first kappa shape index (κ1) is 42.8. The number of carboxylic acids is 1. The molecule has 15 nitrogen and oxygen atoms in total. The molecule has 6 amide bonds. The topological polar surface area (TPSA) is 243 Å². The molecule has 0 spiro atoms. The maximum atomic E-state index is 13.9. The highest BCUT2D eigenvalue weighted by Gasteiger charge is 2.35. The molecule has 1 unspecified atom stereocenters. The predicted octanol–water partition coefficient (Wildman–Crippen LogP) is 1.84. The van der Waals surface area contributed by atoms with E-state index in [1.165, 1.54) is 12.1 Å². The fourth-order valence-electron chi connectivity index (χ4n) is 6.52. The fourth-order valence-corrected chi connectivity index (χ4v) is 6.52. The van der Waals surface area contributed by atoms with E-state index in [1.807, 2.05) is 13.8 Å². The molecule has 292 valence electrons. The number of Topliss-reactive ketones (excluding diaryl/α,β-unsaturated/α-hetero) is 1. The molecule has 0 heterocycles. The minimum Gasteiger partial charge on any atom is -0.478 e. The molecule has 3 rings (SSSR count). The van der Waals surface area contributed by atoms with Gasteiger partial charge in [-0.25, -0.2) is 4.79 Å². The van der Waals surface area contributed by atoms with Crippen molar-refractivity contribution in [2.45, 2.75) is 103 Å². The highest BCUT2D eigenvalue weighted by Crippen LogP contribution is 2.27. The lowest BCUT2D eigenvalue weighted by Crippen LogP contribution is -2.58. The summed E-state index contributed by atoms with van der Waals surface area (Å²) in [4.78, 5) is 103. The summed E-state index contributed by atoms with van der Waals surface area (Å²) in [5.41, 5.74) is 6.15. The number of aromatic carboxylic acids is 1. The number of rotatable bonds is 20. The first-order valence-corrected chi connectivity index (χ1v) is 18.4. The van der Waals surface area contributed by atoms with Crippen molar-refractivity contribution in [2.24, 2.45) is 17.6 Å². The molecular formula is C39H52N6O9. The summed E-state index contributed by atoms with van der Waals surface area (Å²) in [5.74, 6) is -7.05. The van der Waals surface area contributed by atoms with E-state index < -0.39 is 77.9 Å². The van der Waals surface area contributed by atoms with Crippen LogP contribution in [0.1, 0.15) is 99.7 Å². The van der Waals surface area contributed by atoms with Gasteiger partial charge in [-0.3, -0.25) is 33.6 Å². The Balaban J connectivity index is 1.70. The average molecular weight is 749 g/mol. The lowest BCUT2D eigenvalue weighted by molar-refractivity contribution is -0.141. The molecule has 1 fully saturated rings. The van der Waals surface area contributed by atoms with Crippen LogP contribution < -0.4 is 32.3 Å². The van der Waals surface area contributed by atoms with Crippen molar-refractivity contribution in [3.8, 4) is 0 Å². The quantitative estimate of drug-likeness (QED) is 0.0976. The summed E-state index contributed by atoms with van der Waals surface area (Å²) in [7, 11) is 0. The van der Waals surface area contributed by atoms with Crippen molar-refractivity contribution >= 4 is 47.2 Å². The second-order valence-electron chi connectivity index (χ2n) is 14.0. The van der Waals surface area contributed by atoms with Crippen molar-refractivity contribution in [1.29, 1.82) is 0 Å². The van der Waals surface area contributed by atoms with Gasteiger partial charge >= 0.3 is 5.97 Å². The minimum absolute atomic E-state index is 0.0205. The van der Waals surface area contributed by atoms with Gasteiger partial charge in [0.2, 0.25) is 35.3 Å². The summed E-state index contributed by atoms with van der Waals surface area (Å²) >= 11 is 0. The number of amides is 6. The standard InChI is InChI=1S/C39H52N6O9/c1-4-13-28(34(48)38(52)41-22-31(47)45-32(35(40)49)24-14-7-5-8-15-24)42-36(50)29(20-23(2)3)43-37(51)33(25-16-9-6-10-17-25)44-30(46)21-26-18-11-12-19-27(26)39(53)54/h5,7-8,11-12,14-15,18-19,23,25,28-29,32-33H,4,6,9-10,13,16-17,20-22H2,1-3H3,(H2,40,49)(H,41,52)(H,42,50)(H,43,51)(H,44,46)(H,45,47)(H,53,54)/t28?,29-,32-,33-/m0/s1. The van der Waals surface area contributed by atoms with Crippen LogP contribution in [-0.4, -0.2) is 77.0 Å². The third kappa shape index (κ3) is 13.1. The van der Waals surface area contributed by atoms with Crippen molar-refractivity contribution in [1.82, 2.24) is 26.6 Å². The van der Waals surface area contributed by atoms with Crippen LogP contribution in [0, 0.1) is 11.8 Å². The Morgan fingerprint density at radius 2 is 1.41 bits per heavy atom. The Morgan fingerprint density at radius 1 is 0.778 bits per heavy atom. The number of benzene rings is 2. The van der Waals surface area contributed by atoms with Crippen LogP contribution in [0.2, 0.25) is 0 Å². The lowest BCUT2D eigenvalue weighted by Gasteiger charge is -2.32. The normalized spacial score (nSPS) is 15.1. The van der Waals surface area contributed by atoms with Gasteiger partial charge in [0.25, 0.3) is 5.91 Å². The Hall–Kier alpha value is -5.60. The SMILES string of the molecule is CCCC(NC(=O)[C@H](CC(C)C)NC(=O)[C@@H](NC(=O)Cc1ccccc1C(=O)O)C1CCCCC1)C(=O)C(=O)NCC(=O)N[C@H](C(N)=O)c1ccccc1. The fraction of sp³-hybridized carbons (Fsp3) is 0.487. The van der Waals surface area contributed by atoms with E-state index >= 15 is 0 Å². The average Bonchev–Trinajstić information content (AvgIpc) is 3.14. The van der Waals surface area contributed by atoms with Gasteiger partial charge in [-0.05, 0) is 54.7 Å². The van der Waals surface area contributed by atoms with Crippen LogP contribution in [0.15, 0.2) is 54.6 Å². The molecular weight excluding hydrogens is 696 g/mol. The molecule has 15 heteroatoms. The van der Waals surface area contributed by atoms with E-state index in [0.717, 1.165) is 19.3 Å². The van der Waals surface area contributed by atoms with Crippen LogP contribution in [0.25, 0.3) is 0 Å². The molecule has 0 aliphatic heterocycles. The Kier molecular flexibility index (Phi) is 16.8. The number of carbonyl (C=O) groups is 8. The van der Waals surface area contributed by atoms with Gasteiger partial charge in [0, 0.05) is 0 Å². The summed E-state index contributed by atoms with van der Waals surface area (Å²) < 4.78 is 0. The van der Waals surface area contributed by atoms with Gasteiger partial charge in [0.1, 0.15) is 18.1 Å². The van der Waals surface area contributed by atoms with Crippen molar-refractivity contribution in [2.75, 3.05) is 6.54 Å². The Labute approximate surface area is 315 Å². The summed E-state index contributed by atoms with van der Waals surface area (Å²) in [6.45, 7) is 4.81. The third-order valence-corrected chi connectivity index (χ3v) is 9.23. The minimum atomic E-state index is -1.28. The van der Waals surface area contributed by atoms with Crippen LogP contribution in [0.3, 0.4) is 0 Å². The summed E-state index contributed by atoms with van der Waals surface area (Å²) in [5, 5.41) is 22.4. The van der Waals surface area contributed by atoms with E-state index in [-0.39, 0.29) is 36.7 Å². The zero-order valence-electron chi connectivity index (χ0n) is 31.0. The molecule has 1 aliphatic carbocycles. The summed E-state index contributed by atoms with van der Waals surface area (Å²) in [6, 6.07) is 9.80. The predicted molar refractivity (Wildman–Crippen MR) is 198 cm³/mol. The van der Waals surface area contributed by atoms with Crippen molar-refractivity contribution in [3.63, 3.8) is 0 Å². The molecule has 54 heavy (non-hydrogen) atoms. The number of primary amides is 1. The highest BCUT2D eigenvalue weighted by molar-refractivity contribution is 6.38. The smallest absolute Gasteiger partial charge is 0.335 e. The number of carboxylic acid groups (broad SMARTS) is 1. The van der Waals surface area contributed by atoms with E-state index in [1.54, 1.807) is 49.4 Å². The lowest BCUT2D eigenvalue weighted by atomic mass is 9.83. The highest BCUT2D eigenvalue weighted by atomic mass is 16.4. The number of hydrogen-bond acceptors (Lipinski definition) is 8. The van der Waals surface area contributed by atoms with Gasteiger partial charge in [0.05, 0.1) is 24.6 Å². The largest absolute Gasteiger partial charge is 0.478 e. The first-order valence-electron chi connectivity index (χ1n) is 18.4. The second-order valence-corrected chi connectivity index (χ2v) is 14.0. The van der Waals surface area contributed by atoms with Crippen LogP contribution in [-0.2, 0) is 40.0 Å². The number of carbonyl (C=O) groups excluding carboxylic acids is 7. The maximum Gasteiger partial charge on any atom is 0.335 e. The molecule has 2 aromatic carbocycles. The molecule has 8 N–H and O–H groups in total. The van der Waals surface area contributed by atoms with Crippen LogP contribution in [0.4, 0.5) is 0 Å². The Bertz CT molecular complexity index is 1660. The van der Waals surface area contributed by atoms with Gasteiger partial charge in [0.15, 0.2) is 0 Å². The van der Waals surface area contributed by atoms with Crippen molar-refractivity contribution in [3.05, 3.63) is 71.3 Å². The van der Waals surface area contributed by atoms with Gasteiger partial charge in [-0.1, -0.05) is 95.0 Å². The van der Waals surface area contributed by atoms with Crippen LogP contribution in [0.5, 0.6) is 0 Å². The molecule has 1 aliphatic rings. The molecule has 0 aromatic heterocycles. The van der Waals surface area contributed by atoms with E-state index in [2.05, 4.69) is 26.6 Å². The van der Waals surface area contributed by atoms with E-state index in [4.69, 9.17) is 5.73 Å². The third-order valence-electron chi connectivity index (χ3n) is 9.23. The van der Waals surface area contributed by atoms with Crippen LogP contribution >= 0.6 is 0 Å². The number of nitrogens with two attached hydrogens (primary N) is 1. The van der Waals surface area contributed by atoms with E-state index in [0.29, 0.717) is 30.4 Å². The zero-order chi connectivity index (χ0) is 39.8. The van der Waals surface area contributed by atoms with Crippen molar-refractivity contribution < 1.29 is 43.5 Å². The second kappa shape index (κ2) is 21.2. The maximum absolute atomic E-state index is 13.9. The number of hydrogen-bond donors (Lipinski definition) is 7. The van der Waals surface area contributed by atoms with E-state index in [9.17, 15) is 43.5 Å². The Morgan fingerprint density at radius 3 is 2.02 bits per heavy atom. The first-order chi connectivity index (χ1) is 25.7. The molecule has 4 atom stereocenters. The van der Waals surface area contributed by atoms with Gasteiger partial charge in [-0.2, -0.15) is 0 Å². The molecule has 0 bridgehead atoms. The van der Waals surface area contributed by atoms with Gasteiger partial charge < -0.3 is 37.4 Å². The molecule has 2 aromatic rings. The monoisotopic (exact) mass is 748 g/mol. The van der Waals surface area contributed by atoms with Gasteiger partial charge in [-0.15, -0.1) is 0 Å². The molecule has 0 radical (unpaired) electrons. The number of ketones is 1. The molecule has 0 saturated heterocycles.